The molecule has 1 fully saturated rings. The quantitative estimate of drug-likeness (QED) is 0.805. The number of nitrogens with zero attached hydrogens (tertiary/aromatic N) is 2. The van der Waals surface area contributed by atoms with E-state index in [9.17, 15) is 4.55 Å². The number of benzene rings is 1. The van der Waals surface area contributed by atoms with Crippen LogP contribution in [-0.4, -0.2) is 20.9 Å². The van der Waals surface area contributed by atoms with Crippen molar-refractivity contribution in [2.75, 3.05) is 6.26 Å². The predicted octanol–water partition coefficient (Wildman–Crippen LogP) is 2.91. The van der Waals surface area contributed by atoms with E-state index in [2.05, 4.69) is 17.1 Å². The average Bonchev–Trinajstić information content (AvgIpc) is 3.15. The van der Waals surface area contributed by atoms with Gasteiger partial charge in [0.2, 0.25) is 11.7 Å². The summed E-state index contributed by atoms with van der Waals surface area (Å²) in [6, 6.07) is 5.83. The molecular formula is C14H16N2O2S. The third-order valence-electron chi connectivity index (χ3n) is 3.38. The maximum absolute atomic E-state index is 11.6. The molecule has 19 heavy (non-hydrogen) atoms. The van der Waals surface area contributed by atoms with Gasteiger partial charge in [0.15, 0.2) is 4.90 Å². The Morgan fingerprint density at radius 2 is 2.21 bits per heavy atom. The van der Waals surface area contributed by atoms with Gasteiger partial charge in [-0.1, -0.05) is 12.1 Å². The maximum Gasteiger partial charge on any atom is 0.230 e. The fourth-order valence-electron chi connectivity index (χ4n) is 2.12. The molecule has 0 amide bonds. The van der Waals surface area contributed by atoms with Gasteiger partial charge in [0.25, 0.3) is 0 Å². The van der Waals surface area contributed by atoms with E-state index in [-0.39, 0.29) is 0 Å². The largest absolute Gasteiger partial charge is 0.612 e. The number of hydrogen-bond acceptors (Lipinski definition) is 4. The number of hydrogen-bond donors (Lipinski definition) is 0. The molecule has 1 heterocycles. The zero-order valence-corrected chi connectivity index (χ0v) is 11.9. The van der Waals surface area contributed by atoms with Crippen LogP contribution in [0.15, 0.2) is 27.6 Å². The van der Waals surface area contributed by atoms with E-state index in [1.165, 1.54) is 0 Å². The number of rotatable bonds is 4. The Hall–Kier alpha value is -1.33. The first-order valence-electron chi connectivity index (χ1n) is 6.49. The molecule has 1 aliphatic rings. The van der Waals surface area contributed by atoms with Crippen molar-refractivity contribution < 1.29 is 9.08 Å². The van der Waals surface area contributed by atoms with E-state index < -0.39 is 11.2 Å². The molecule has 0 spiro atoms. The van der Waals surface area contributed by atoms with E-state index in [0.717, 1.165) is 41.2 Å². The zero-order valence-electron chi connectivity index (χ0n) is 11.0. The average molecular weight is 276 g/mol. The van der Waals surface area contributed by atoms with Crippen LogP contribution in [0.5, 0.6) is 0 Å². The lowest BCUT2D eigenvalue weighted by Gasteiger charge is -2.09. The lowest BCUT2D eigenvalue weighted by molar-refractivity contribution is 0.380. The van der Waals surface area contributed by atoms with Crippen molar-refractivity contribution in [2.24, 2.45) is 0 Å². The molecule has 5 heteroatoms. The zero-order chi connectivity index (χ0) is 13.4. The molecule has 0 bridgehead atoms. The summed E-state index contributed by atoms with van der Waals surface area (Å²) < 4.78 is 16.9. The first kappa shape index (κ1) is 12.7. The summed E-state index contributed by atoms with van der Waals surface area (Å²) in [7, 11) is 0. The topological polar surface area (TPSA) is 62.0 Å². The highest BCUT2D eigenvalue weighted by Gasteiger charge is 2.29. The van der Waals surface area contributed by atoms with Crippen LogP contribution in [0.25, 0.3) is 11.4 Å². The molecule has 1 aromatic heterocycles. The van der Waals surface area contributed by atoms with E-state index in [0.29, 0.717) is 11.7 Å². The molecule has 0 N–H and O–H groups in total. The van der Waals surface area contributed by atoms with E-state index in [4.69, 9.17) is 4.52 Å². The molecule has 3 rings (SSSR count). The van der Waals surface area contributed by atoms with Crippen molar-refractivity contribution in [2.45, 2.75) is 37.0 Å². The lowest BCUT2D eigenvalue weighted by atomic mass is 10.1. The van der Waals surface area contributed by atoms with E-state index >= 15 is 0 Å². The molecule has 0 saturated heterocycles. The maximum atomic E-state index is 11.6. The van der Waals surface area contributed by atoms with Crippen LogP contribution in [0.3, 0.4) is 0 Å². The van der Waals surface area contributed by atoms with Gasteiger partial charge in [-0.05, 0) is 48.6 Å². The van der Waals surface area contributed by atoms with Gasteiger partial charge in [-0.25, -0.2) is 0 Å². The third kappa shape index (κ3) is 2.53. The molecular weight excluding hydrogens is 260 g/mol. The SMILES string of the molecule is CCc1cc(-c2noc(C3CC3)n2)ccc1[S+](C)[O-]. The highest BCUT2D eigenvalue weighted by molar-refractivity contribution is 7.90. The van der Waals surface area contributed by atoms with Crippen LogP contribution in [-0.2, 0) is 17.6 Å². The van der Waals surface area contributed by atoms with Crippen LogP contribution in [0.4, 0.5) is 0 Å². The minimum atomic E-state index is -0.961. The summed E-state index contributed by atoms with van der Waals surface area (Å²) in [5.74, 6) is 1.84. The number of aromatic nitrogens is 2. The van der Waals surface area contributed by atoms with Gasteiger partial charge in [-0.15, -0.1) is 0 Å². The van der Waals surface area contributed by atoms with Gasteiger partial charge in [-0.3, -0.25) is 0 Å². The molecule has 1 aromatic carbocycles. The first-order valence-corrected chi connectivity index (χ1v) is 8.05. The van der Waals surface area contributed by atoms with Crippen LogP contribution >= 0.6 is 0 Å². The number of aryl methyl sites for hydroxylation is 1. The molecule has 0 aliphatic heterocycles. The molecule has 2 aromatic rings. The summed E-state index contributed by atoms with van der Waals surface area (Å²) >= 11 is -0.961. The van der Waals surface area contributed by atoms with E-state index in [1.54, 1.807) is 6.26 Å². The second-order valence-corrected chi connectivity index (χ2v) is 6.21. The Balaban J connectivity index is 1.95. The molecule has 100 valence electrons. The molecule has 1 aliphatic carbocycles. The van der Waals surface area contributed by atoms with Crippen LogP contribution in [0, 0.1) is 0 Å². The fourth-order valence-corrected chi connectivity index (χ4v) is 2.96. The van der Waals surface area contributed by atoms with Crippen molar-refractivity contribution in [3.05, 3.63) is 29.7 Å². The summed E-state index contributed by atoms with van der Waals surface area (Å²) in [6.07, 6.45) is 4.84. The molecule has 1 saturated carbocycles. The van der Waals surface area contributed by atoms with Gasteiger partial charge in [0.05, 0.1) is 0 Å². The van der Waals surface area contributed by atoms with Crippen LogP contribution in [0.1, 0.15) is 37.1 Å². The van der Waals surface area contributed by atoms with Gasteiger partial charge in [0, 0.05) is 17.0 Å². The predicted molar refractivity (Wildman–Crippen MR) is 73.4 cm³/mol. The molecule has 1 unspecified atom stereocenters. The van der Waals surface area contributed by atoms with Crippen molar-refractivity contribution in [1.82, 2.24) is 10.1 Å². The van der Waals surface area contributed by atoms with Gasteiger partial charge in [-0.2, -0.15) is 4.98 Å². The summed E-state index contributed by atoms with van der Waals surface area (Å²) in [5.41, 5.74) is 2.01. The minimum Gasteiger partial charge on any atom is -0.612 e. The van der Waals surface area contributed by atoms with Crippen molar-refractivity contribution in [1.29, 1.82) is 0 Å². The third-order valence-corrected chi connectivity index (χ3v) is 4.40. The standard InChI is InChI=1S/C14H16N2O2S/c1-3-9-8-11(6-7-12(9)19(2)17)13-15-14(18-16-13)10-4-5-10/h6-8,10H,3-5H2,1-2H3. The van der Waals surface area contributed by atoms with Crippen molar-refractivity contribution in [3.63, 3.8) is 0 Å². The van der Waals surface area contributed by atoms with Crippen molar-refractivity contribution in [3.8, 4) is 11.4 Å². The highest BCUT2D eigenvalue weighted by Crippen LogP contribution is 2.39. The Morgan fingerprint density at radius 1 is 1.42 bits per heavy atom. The molecule has 4 nitrogen and oxygen atoms in total. The Bertz CT molecular complexity index is 591. The first-order chi connectivity index (χ1) is 9.19. The van der Waals surface area contributed by atoms with E-state index in [1.807, 2.05) is 18.2 Å². The summed E-state index contributed by atoms with van der Waals surface area (Å²) in [6.45, 7) is 2.06. The molecule has 0 radical (unpaired) electrons. The Morgan fingerprint density at radius 3 is 2.84 bits per heavy atom. The lowest BCUT2D eigenvalue weighted by Crippen LogP contribution is -2.02. The second kappa shape index (κ2) is 4.98. The Kier molecular flexibility index (Phi) is 3.33. The van der Waals surface area contributed by atoms with Gasteiger partial charge in [0.1, 0.15) is 6.26 Å². The smallest absolute Gasteiger partial charge is 0.230 e. The fraction of sp³-hybridized carbons (Fsp3) is 0.429. The Labute approximate surface area is 115 Å². The normalized spacial score (nSPS) is 16.6. The second-order valence-electron chi connectivity index (χ2n) is 4.86. The van der Waals surface area contributed by atoms with Crippen LogP contribution in [0.2, 0.25) is 0 Å². The van der Waals surface area contributed by atoms with Gasteiger partial charge < -0.3 is 9.08 Å². The van der Waals surface area contributed by atoms with Gasteiger partial charge >= 0.3 is 0 Å². The van der Waals surface area contributed by atoms with Crippen molar-refractivity contribution >= 4 is 11.2 Å². The molecule has 1 atom stereocenters. The highest BCUT2D eigenvalue weighted by atomic mass is 32.2. The van der Waals surface area contributed by atoms with Crippen LogP contribution < -0.4 is 0 Å². The summed E-state index contributed by atoms with van der Waals surface area (Å²) in [4.78, 5) is 5.33. The summed E-state index contributed by atoms with van der Waals surface area (Å²) in [5, 5.41) is 4.04. The minimum absolute atomic E-state index is 0.467. The monoisotopic (exact) mass is 276 g/mol.